The molecule has 0 saturated heterocycles. The summed E-state index contributed by atoms with van der Waals surface area (Å²) >= 11 is 0. The second kappa shape index (κ2) is 5.37. The van der Waals surface area contributed by atoms with Crippen LogP contribution in [0.3, 0.4) is 0 Å². The van der Waals surface area contributed by atoms with Crippen molar-refractivity contribution in [2.75, 3.05) is 13.1 Å². The Morgan fingerprint density at radius 2 is 2.06 bits per heavy atom. The van der Waals surface area contributed by atoms with Crippen LogP contribution in [0.15, 0.2) is 18.2 Å². The fraction of sp³-hybridized carbons (Fsp3) is 0.500. The average molecular weight is 229 g/mol. The van der Waals surface area contributed by atoms with E-state index in [1.807, 2.05) is 6.92 Å². The zero-order valence-electron chi connectivity index (χ0n) is 9.56. The minimum absolute atomic E-state index is 0.159. The SMILES string of the molecule is CCNCC(C)(O)Cc1ccc(F)cc1F. The third-order valence-electron chi connectivity index (χ3n) is 2.34. The maximum absolute atomic E-state index is 13.3. The molecule has 2 nitrogen and oxygen atoms in total. The van der Waals surface area contributed by atoms with Gasteiger partial charge in [-0.1, -0.05) is 13.0 Å². The van der Waals surface area contributed by atoms with Gasteiger partial charge in [0, 0.05) is 19.0 Å². The van der Waals surface area contributed by atoms with Crippen LogP contribution in [0.25, 0.3) is 0 Å². The third-order valence-corrected chi connectivity index (χ3v) is 2.34. The van der Waals surface area contributed by atoms with E-state index in [-0.39, 0.29) is 6.42 Å². The summed E-state index contributed by atoms with van der Waals surface area (Å²) < 4.78 is 26.0. The number of halogens is 2. The molecule has 1 unspecified atom stereocenters. The molecule has 2 N–H and O–H groups in total. The lowest BCUT2D eigenvalue weighted by Gasteiger charge is -2.23. The van der Waals surface area contributed by atoms with E-state index in [0.717, 1.165) is 12.6 Å². The molecule has 0 aromatic heterocycles. The van der Waals surface area contributed by atoms with Gasteiger partial charge in [-0.25, -0.2) is 8.78 Å². The minimum atomic E-state index is -1.03. The van der Waals surface area contributed by atoms with Crippen molar-refractivity contribution in [1.29, 1.82) is 0 Å². The summed E-state index contributed by atoms with van der Waals surface area (Å²) in [7, 11) is 0. The molecule has 0 aliphatic carbocycles. The summed E-state index contributed by atoms with van der Waals surface area (Å²) in [6.07, 6.45) is 0.159. The average Bonchev–Trinajstić information content (AvgIpc) is 2.19. The summed E-state index contributed by atoms with van der Waals surface area (Å²) in [4.78, 5) is 0. The second-order valence-corrected chi connectivity index (χ2v) is 4.19. The van der Waals surface area contributed by atoms with Crippen LogP contribution in [0.4, 0.5) is 8.78 Å². The predicted octanol–water partition coefficient (Wildman–Crippen LogP) is 1.87. The van der Waals surface area contributed by atoms with Crippen molar-refractivity contribution in [3.63, 3.8) is 0 Å². The van der Waals surface area contributed by atoms with Gasteiger partial charge >= 0.3 is 0 Å². The molecule has 0 aliphatic rings. The molecule has 1 rings (SSSR count). The van der Waals surface area contributed by atoms with Crippen molar-refractivity contribution in [3.05, 3.63) is 35.4 Å². The Kier molecular flexibility index (Phi) is 4.38. The highest BCUT2D eigenvalue weighted by molar-refractivity contribution is 5.20. The largest absolute Gasteiger partial charge is 0.389 e. The molecule has 0 spiro atoms. The normalized spacial score (nSPS) is 14.8. The highest BCUT2D eigenvalue weighted by Gasteiger charge is 2.22. The van der Waals surface area contributed by atoms with E-state index in [2.05, 4.69) is 5.32 Å². The first kappa shape index (κ1) is 13.1. The molecule has 0 aliphatic heterocycles. The fourth-order valence-electron chi connectivity index (χ4n) is 1.53. The van der Waals surface area contributed by atoms with Gasteiger partial charge in [0.15, 0.2) is 0 Å². The van der Waals surface area contributed by atoms with Crippen molar-refractivity contribution in [1.82, 2.24) is 5.32 Å². The smallest absolute Gasteiger partial charge is 0.129 e. The summed E-state index contributed by atoms with van der Waals surface area (Å²) in [5, 5.41) is 13.0. The van der Waals surface area contributed by atoms with Crippen molar-refractivity contribution in [2.45, 2.75) is 25.9 Å². The van der Waals surface area contributed by atoms with E-state index in [0.29, 0.717) is 12.1 Å². The van der Waals surface area contributed by atoms with E-state index in [1.165, 1.54) is 12.1 Å². The molecular formula is C12H17F2NO. The standard InChI is InChI=1S/C12H17F2NO/c1-3-15-8-12(2,16)7-9-4-5-10(13)6-11(9)14/h4-6,15-16H,3,7-8H2,1-2H3. The molecule has 0 saturated carbocycles. The Hall–Kier alpha value is -1.00. The summed E-state index contributed by atoms with van der Waals surface area (Å²) in [6.45, 7) is 4.66. The van der Waals surface area contributed by atoms with Gasteiger partial charge in [-0.2, -0.15) is 0 Å². The molecule has 0 amide bonds. The number of benzene rings is 1. The lowest BCUT2D eigenvalue weighted by atomic mass is 9.96. The Bertz CT molecular complexity index is 353. The first-order valence-corrected chi connectivity index (χ1v) is 5.31. The monoisotopic (exact) mass is 229 g/mol. The van der Waals surface area contributed by atoms with Crippen LogP contribution in [-0.4, -0.2) is 23.8 Å². The molecule has 0 fully saturated rings. The Balaban J connectivity index is 2.71. The molecule has 0 heterocycles. The highest BCUT2D eigenvalue weighted by Crippen LogP contribution is 2.16. The van der Waals surface area contributed by atoms with Gasteiger partial charge in [0.25, 0.3) is 0 Å². The molecule has 0 radical (unpaired) electrons. The lowest BCUT2D eigenvalue weighted by molar-refractivity contribution is 0.0598. The van der Waals surface area contributed by atoms with Gasteiger partial charge in [0.05, 0.1) is 5.60 Å². The molecular weight excluding hydrogens is 212 g/mol. The minimum Gasteiger partial charge on any atom is -0.389 e. The van der Waals surface area contributed by atoms with E-state index >= 15 is 0 Å². The number of likely N-dealkylation sites (N-methyl/N-ethyl adjacent to an activating group) is 1. The van der Waals surface area contributed by atoms with Gasteiger partial charge in [-0.05, 0) is 25.1 Å². The maximum Gasteiger partial charge on any atom is 0.129 e. The highest BCUT2D eigenvalue weighted by atomic mass is 19.1. The molecule has 1 atom stereocenters. The number of rotatable bonds is 5. The van der Waals surface area contributed by atoms with E-state index in [1.54, 1.807) is 6.92 Å². The van der Waals surface area contributed by atoms with Crippen LogP contribution in [0.2, 0.25) is 0 Å². The van der Waals surface area contributed by atoms with Gasteiger partial charge in [0.1, 0.15) is 11.6 Å². The fourth-order valence-corrected chi connectivity index (χ4v) is 1.53. The van der Waals surface area contributed by atoms with Gasteiger partial charge in [0.2, 0.25) is 0 Å². The van der Waals surface area contributed by atoms with Crippen LogP contribution in [0.5, 0.6) is 0 Å². The predicted molar refractivity (Wildman–Crippen MR) is 59.2 cm³/mol. The van der Waals surface area contributed by atoms with E-state index in [4.69, 9.17) is 0 Å². The molecule has 1 aromatic carbocycles. The summed E-state index contributed by atoms with van der Waals surface area (Å²) in [6, 6.07) is 3.39. The number of nitrogens with one attached hydrogen (secondary N) is 1. The quantitative estimate of drug-likeness (QED) is 0.807. The Labute approximate surface area is 94.3 Å². The van der Waals surface area contributed by atoms with Crippen molar-refractivity contribution in [3.8, 4) is 0 Å². The van der Waals surface area contributed by atoms with Crippen LogP contribution < -0.4 is 5.32 Å². The Morgan fingerprint density at radius 1 is 1.38 bits per heavy atom. The van der Waals surface area contributed by atoms with E-state index in [9.17, 15) is 13.9 Å². The number of aliphatic hydroxyl groups is 1. The van der Waals surface area contributed by atoms with Gasteiger partial charge < -0.3 is 10.4 Å². The Morgan fingerprint density at radius 3 is 2.62 bits per heavy atom. The summed E-state index contributed by atoms with van der Waals surface area (Å²) in [5.74, 6) is -1.22. The molecule has 16 heavy (non-hydrogen) atoms. The second-order valence-electron chi connectivity index (χ2n) is 4.19. The first-order chi connectivity index (χ1) is 7.44. The summed E-state index contributed by atoms with van der Waals surface area (Å²) in [5.41, 5.74) is -0.710. The third kappa shape index (κ3) is 3.87. The molecule has 1 aromatic rings. The topological polar surface area (TPSA) is 32.3 Å². The van der Waals surface area contributed by atoms with Crippen LogP contribution in [0.1, 0.15) is 19.4 Å². The maximum atomic E-state index is 13.3. The lowest BCUT2D eigenvalue weighted by Crippen LogP contribution is -2.39. The van der Waals surface area contributed by atoms with Crippen molar-refractivity contribution < 1.29 is 13.9 Å². The molecule has 90 valence electrons. The van der Waals surface area contributed by atoms with Crippen LogP contribution in [0, 0.1) is 11.6 Å². The zero-order valence-corrected chi connectivity index (χ0v) is 9.56. The zero-order chi connectivity index (χ0) is 12.2. The first-order valence-electron chi connectivity index (χ1n) is 5.31. The van der Waals surface area contributed by atoms with E-state index < -0.39 is 17.2 Å². The number of hydrogen-bond acceptors (Lipinski definition) is 2. The molecule has 0 bridgehead atoms. The van der Waals surface area contributed by atoms with Crippen molar-refractivity contribution >= 4 is 0 Å². The van der Waals surface area contributed by atoms with Gasteiger partial charge in [-0.3, -0.25) is 0 Å². The van der Waals surface area contributed by atoms with Crippen LogP contribution in [-0.2, 0) is 6.42 Å². The number of hydrogen-bond donors (Lipinski definition) is 2. The van der Waals surface area contributed by atoms with Crippen molar-refractivity contribution in [2.24, 2.45) is 0 Å². The van der Waals surface area contributed by atoms with Gasteiger partial charge in [-0.15, -0.1) is 0 Å². The molecule has 4 heteroatoms. The van der Waals surface area contributed by atoms with Crippen LogP contribution >= 0.6 is 0 Å².